The van der Waals surface area contributed by atoms with Gasteiger partial charge in [0.1, 0.15) is 6.10 Å². The van der Waals surface area contributed by atoms with Crippen LogP contribution < -0.4 is 0 Å². The quantitative estimate of drug-likeness (QED) is 0.514. The topological polar surface area (TPSA) is 63.6 Å². The smallest absolute Gasteiger partial charge is 0.303 e. The second-order valence-corrected chi connectivity index (χ2v) is 4.38. The van der Waals surface area contributed by atoms with E-state index in [1.165, 1.54) is 6.92 Å². The van der Waals surface area contributed by atoms with Crippen LogP contribution in [0.2, 0.25) is 0 Å². The van der Waals surface area contributed by atoms with Crippen LogP contribution in [0.3, 0.4) is 0 Å². The predicted molar refractivity (Wildman–Crippen MR) is 61.1 cm³/mol. The lowest BCUT2D eigenvalue weighted by Gasteiger charge is -2.20. The summed E-state index contributed by atoms with van der Waals surface area (Å²) in [5, 5.41) is 8.46. The SMILES string of the molecule is CC(=O)OC(CCCCCC(=O)O)C(C)C. The average Bonchev–Trinajstić information content (AvgIpc) is 2.14. The standard InChI is InChI=1S/C12H22O4/c1-9(2)11(16-10(3)13)7-5-4-6-8-12(14)15/h9,11H,4-8H2,1-3H3,(H,14,15). The van der Waals surface area contributed by atoms with E-state index < -0.39 is 5.97 Å². The average molecular weight is 230 g/mol. The van der Waals surface area contributed by atoms with Crippen molar-refractivity contribution < 1.29 is 19.4 Å². The lowest BCUT2D eigenvalue weighted by Crippen LogP contribution is -2.22. The first-order chi connectivity index (χ1) is 7.43. The lowest BCUT2D eigenvalue weighted by molar-refractivity contribution is -0.149. The van der Waals surface area contributed by atoms with Gasteiger partial charge in [-0.15, -0.1) is 0 Å². The Labute approximate surface area is 97.0 Å². The van der Waals surface area contributed by atoms with Crippen LogP contribution in [0.25, 0.3) is 0 Å². The van der Waals surface area contributed by atoms with Gasteiger partial charge in [0.25, 0.3) is 0 Å². The van der Waals surface area contributed by atoms with Gasteiger partial charge in [0.05, 0.1) is 0 Å². The summed E-state index contributed by atoms with van der Waals surface area (Å²) in [7, 11) is 0. The van der Waals surface area contributed by atoms with Crippen molar-refractivity contribution in [3.63, 3.8) is 0 Å². The fraction of sp³-hybridized carbons (Fsp3) is 0.833. The van der Waals surface area contributed by atoms with Gasteiger partial charge in [0, 0.05) is 13.3 Å². The molecular weight excluding hydrogens is 208 g/mol. The molecule has 0 aromatic carbocycles. The Bertz CT molecular complexity index is 223. The number of unbranched alkanes of at least 4 members (excludes halogenated alkanes) is 2. The molecule has 4 nitrogen and oxygen atoms in total. The summed E-state index contributed by atoms with van der Waals surface area (Å²) in [6.45, 7) is 5.45. The van der Waals surface area contributed by atoms with E-state index in [1.807, 2.05) is 13.8 Å². The number of carboxylic acid groups (broad SMARTS) is 1. The highest BCUT2D eigenvalue weighted by atomic mass is 16.5. The molecule has 0 aliphatic rings. The molecule has 0 aromatic rings. The first kappa shape index (κ1) is 14.9. The predicted octanol–water partition coefficient (Wildman–Crippen LogP) is 2.61. The van der Waals surface area contributed by atoms with Crippen molar-refractivity contribution in [1.82, 2.24) is 0 Å². The van der Waals surface area contributed by atoms with Crippen LogP contribution in [0.15, 0.2) is 0 Å². The van der Waals surface area contributed by atoms with Gasteiger partial charge < -0.3 is 9.84 Å². The second kappa shape index (κ2) is 8.13. The molecule has 0 saturated carbocycles. The second-order valence-electron chi connectivity index (χ2n) is 4.38. The Kier molecular flexibility index (Phi) is 7.60. The highest BCUT2D eigenvalue weighted by Crippen LogP contribution is 2.15. The van der Waals surface area contributed by atoms with Gasteiger partial charge in [-0.25, -0.2) is 0 Å². The third-order valence-corrected chi connectivity index (χ3v) is 2.44. The number of aliphatic carboxylic acids is 1. The summed E-state index contributed by atoms with van der Waals surface area (Å²) < 4.78 is 5.18. The minimum Gasteiger partial charge on any atom is -0.481 e. The van der Waals surface area contributed by atoms with Gasteiger partial charge >= 0.3 is 11.9 Å². The number of rotatable bonds is 8. The summed E-state index contributed by atoms with van der Waals surface area (Å²) in [5.41, 5.74) is 0. The number of hydrogen-bond donors (Lipinski definition) is 1. The van der Waals surface area contributed by atoms with E-state index in [1.54, 1.807) is 0 Å². The summed E-state index contributed by atoms with van der Waals surface area (Å²) in [5.74, 6) is -0.687. The van der Waals surface area contributed by atoms with Crippen molar-refractivity contribution in [2.75, 3.05) is 0 Å². The first-order valence-corrected chi connectivity index (χ1v) is 5.82. The molecule has 0 spiro atoms. The zero-order chi connectivity index (χ0) is 12.6. The van der Waals surface area contributed by atoms with Gasteiger partial charge in [0.15, 0.2) is 0 Å². The maximum Gasteiger partial charge on any atom is 0.303 e. The maximum absolute atomic E-state index is 10.8. The maximum atomic E-state index is 10.8. The molecule has 4 heteroatoms. The Morgan fingerprint density at radius 1 is 1.19 bits per heavy atom. The van der Waals surface area contributed by atoms with E-state index in [4.69, 9.17) is 9.84 Å². The van der Waals surface area contributed by atoms with Gasteiger partial charge in [-0.1, -0.05) is 20.3 Å². The fourth-order valence-corrected chi connectivity index (χ4v) is 1.54. The molecule has 0 heterocycles. The minimum atomic E-state index is -0.750. The molecule has 0 radical (unpaired) electrons. The van der Waals surface area contributed by atoms with Crippen molar-refractivity contribution in [2.45, 2.75) is 59.0 Å². The molecular formula is C12H22O4. The largest absolute Gasteiger partial charge is 0.481 e. The van der Waals surface area contributed by atoms with Crippen molar-refractivity contribution >= 4 is 11.9 Å². The Hall–Kier alpha value is -1.06. The zero-order valence-corrected chi connectivity index (χ0v) is 10.4. The van der Waals surface area contributed by atoms with Gasteiger partial charge in [-0.3, -0.25) is 9.59 Å². The number of esters is 1. The molecule has 94 valence electrons. The van der Waals surface area contributed by atoms with Crippen LogP contribution in [0.1, 0.15) is 52.9 Å². The molecule has 0 bridgehead atoms. The summed E-state index contributed by atoms with van der Waals surface area (Å²) in [6, 6.07) is 0. The van der Waals surface area contributed by atoms with E-state index in [9.17, 15) is 9.59 Å². The Balaban J connectivity index is 3.68. The summed E-state index contributed by atoms with van der Waals surface area (Å²) >= 11 is 0. The van der Waals surface area contributed by atoms with Crippen molar-refractivity contribution in [3.05, 3.63) is 0 Å². The van der Waals surface area contributed by atoms with Gasteiger partial charge in [-0.2, -0.15) is 0 Å². The number of ether oxygens (including phenoxy) is 1. The Morgan fingerprint density at radius 2 is 1.81 bits per heavy atom. The molecule has 1 N–H and O–H groups in total. The van der Waals surface area contributed by atoms with Crippen LogP contribution in [0.5, 0.6) is 0 Å². The number of carbonyl (C=O) groups excluding carboxylic acids is 1. The lowest BCUT2D eigenvalue weighted by atomic mass is 10.0. The van der Waals surface area contributed by atoms with Crippen LogP contribution in [0, 0.1) is 5.92 Å². The molecule has 0 aliphatic carbocycles. The minimum absolute atomic E-state index is 0.0395. The zero-order valence-electron chi connectivity index (χ0n) is 10.4. The van der Waals surface area contributed by atoms with Crippen molar-refractivity contribution in [3.8, 4) is 0 Å². The molecule has 16 heavy (non-hydrogen) atoms. The molecule has 0 rings (SSSR count). The van der Waals surface area contributed by atoms with Crippen molar-refractivity contribution in [1.29, 1.82) is 0 Å². The Morgan fingerprint density at radius 3 is 2.25 bits per heavy atom. The summed E-state index contributed by atoms with van der Waals surface area (Å²) in [6.07, 6.45) is 3.47. The monoisotopic (exact) mass is 230 g/mol. The van der Waals surface area contributed by atoms with E-state index in [0.717, 1.165) is 19.3 Å². The molecule has 0 aromatic heterocycles. The van der Waals surface area contributed by atoms with Gasteiger partial charge in [-0.05, 0) is 25.2 Å². The number of hydrogen-bond acceptors (Lipinski definition) is 3. The molecule has 0 amide bonds. The normalized spacial score (nSPS) is 12.5. The van der Waals surface area contributed by atoms with Crippen LogP contribution in [0.4, 0.5) is 0 Å². The molecule has 0 fully saturated rings. The third kappa shape index (κ3) is 8.26. The van der Waals surface area contributed by atoms with Gasteiger partial charge in [0.2, 0.25) is 0 Å². The summed E-state index contributed by atoms with van der Waals surface area (Å²) in [4.78, 5) is 21.1. The van der Waals surface area contributed by atoms with Crippen LogP contribution >= 0.6 is 0 Å². The van der Waals surface area contributed by atoms with E-state index in [2.05, 4.69) is 0 Å². The first-order valence-electron chi connectivity index (χ1n) is 5.82. The molecule has 0 aliphatic heterocycles. The third-order valence-electron chi connectivity index (χ3n) is 2.44. The molecule has 0 saturated heterocycles. The number of carbonyl (C=O) groups is 2. The van der Waals surface area contributed by atoms with Crippen LogP contribution in [-0.4, -0.2) is 23.1 Å². The fourth-order valence-electron chi connectivity index (χ4n) is 1.54. The highest BCUT2D eigenvalue weighted by molar-refractivity contribution is 5.66. The molecule has 1 atom stereocenters. The van der Waals surface area contributed by atoms with E-state index >= 15 is 0 Å². The molecule has 1 unspecified atom stereocenters. The van der Waals surface area contributed by atoms with Crippen molar-refractivity contribution in [2.24, 2.45) is 5.92 Å². The highest BCUT2D eigenvalue weighted by Gasteiger charge is 2.15. The van der Waals surface area contributed by atoms with Crippen LogP contribution in [-0.2, 0) is 14.3 Å². The number of carboxylic acids is 1. The van der Waals surface area contributed by atoms with E-state index in [0.29, 0.717) is 12.3 Å². The van der Waals surface area contributed by atoms with E-state index in [-0.39, 0.29) is 18.5 Å².